The Hall–Kier alpha value is -3.15. The van der Waals surface area contributed by atoms with Crippen LogP contribution in [0.5, 0.6) is 0 Å². The van der Waals surface area contributed by atoms with Crippen LogP contribution in [-0.2, 0) is 6.54 Å². The lowest BCUT2D eigenvalue weighted by molar-refractivity contribution is 0.0951. The molecule has 4 aromatic rings. The van der Waals surface area contributed by atoms with E-state index >= 15 is 0 Å². The van der Waals surface area contributed by atoms with Crippen LogP contribution in [0.1, 0.15) is 15.9 Å². The van der Waals surface area contributed by atoms with Crippen LogP contribution in [0.3, 0.4) is 0 Å². The Bertz CT molecular complexity index is 969. The average molecular weight is 291 g/mol. The highest BCUT2D eigenvalue weighted by molar-refractivity contribution is 5.97. The van der Waals surface area contributed by atoms with Gasteiger partial charge in [0.15, 0.2) is 0 Å². The SMILES string of the molecule is O=C(NCc1cnn2ccccc12)c1ccc2nc[nH]c2c1. The van der Waals surface area contributed by atoms with Crippen LogP contribution in [0, 0.1) is 0 Å². The van der Waals surface area contributed by atoms with Gasteiger partial charge < -0.3 is 10.3 Å². The van der Waals surface area contributed by atoms with E-state index in [1.54, 1.807) is 29.2 Å². The molecule has 0 aliphatic carbocycles. The molecule has 0 spiro atoms. The molecule has 0 bridgehead atoms. The van der Waals surface area contributed by atoms with E-state index in [9.17, 15) is 4.79 Å². The zero-order chi connectivity index (χ0) is 14.9. The number of fused-ring (bicyclic) bond motifs is 2. The van der Waals surface area contributed by atoms with Crippen molar-refractivity contribution in [1.82, 2.24) is 24.9 Å². The topological polar surface area (TPSA) is 75.1 Å². The van der Waals surface area contributed by atoms with Crippen molar-refractivity contribution in [3.8, 4) is 0 Å². The first-order chi connectivity index (χ1) is 10.8. The van der Waals surface area contributed by atoms with E-state index in [-0.39, 0.29) is 5.91 Å². The molecular weight excluding hydrogens is 278 g/mol. The number of nitrogens with one attached hydrogen (secondary N) is 2. The molecule has 0 saturated heterocycles. The largest absolute Gasteiger partial charge is 0.348 e. The number of nitrogens with zero attached hydrogens (tertiary/aromatic N) is 3. The summed E-state index contributed by atoms with van der Waals surface area (Å²) in [6, 6.07) is 11.3. The summed E-state index contributed by atoms with van der Waals surface area (Å²) >= 11 is 0. The van der Waals surface area contributed by atoms with Crippen LogP contribution in [0.15, 0.2) is 55.1 Å². The molecule has 0 radical (unpaired) electrons. The van der Waals surface area contributed by atoms with Crippen LogP contribution in [0.4, 0.5) is 0 Å². The summed E-state index contributed by atoms with van der Waals surface area (Å²) in [5.74, 6) is -0.119. The number of rotatable bonds is 3. The highest BCUT2D eigenvalue weighted by atomic mass is 16.1. The summed E-state index contributed by atoms with van der Waals surface area (Å²) in [7, 11) is 0. The maximum Gasteiger partial charge on any atom is 0.251 e. The highest BCUT2D eigenvalue weighted by Crippen LogP contribution is 2.13. The minimum atomic E-state index is -0.119. The van der Waals surface area contributed by atoms with Gasteiger partial charge in [-0.1, -0.05) is 6.07 Å². The molecule has 4 rings (SSSR count). The van der Waals surface area contributed by atoms with Crippen LogP contribution >= 0.6 is 0 Å². The molecule has 0 fully saturated rings. The molecular formula is C16H13N5O. The molecule has 0 saturated carbocycles. The third kappa shape index (κ3) is 2.10. The quantitative estimate of drug-likeness (QED) is 0.607. The average Bonchev–Trinajstić information content (AvgIpc) is 3.18. The van der Waals surface area contributed by atoms with E-state index < -0.39 is 0 Å². The molecule has 6 heteroatoms. The lowest BCUT2D eigenvalue weighted by Crippen LogP contribution is -2.22. The van der Waals surface area contributed by atoms with Crippen molar-refractivity contribution in [3.05, 3.63) is 66.2 Å². The Balaban J connectivity index is 1.54. The van der Waals surface area contributed by atoms with Gasteiger partial charge in [0.05, 0.1) is 29.1 Å². The van der Waals surface area contributed by atoms with E-state index in [1.165, 1.54) is 0 Å². The van der Waals surface area contributed by atoms with Gasteiger partial charge in [0.25, 0.3) is 5.91 Å². The third-order valence-electron chi connectivity index (χ3n) is 3.63. The normalized spacial score (nSPS) is 11.1. The molecule has 0 unspecified atom stereocenters. The van der Waals surface area contributed by atoms with Gasteiger partial charge in [-0.2, -0.15) is 5.10 Å². The lowest BCUT2D eigenvalue weighted by Gasteiger charge is -2.04. The van der Waals surface area contributed by atoms with Crippen molar-refractivity contribution in [1.29, 1.82) is 0 Å². The molecule has 22 heavy (non-hydrogen) atoms. The number of H-pyrrole nitrogens is 1. The summed E-state index contributed by atoms with van der Waals surface area (Å²) in [5, 5.41) is 7.18. The fourth-order valence-electron chi connectivity index (χ4n) is 2.48. The van der Waals surface area contributed by atoms with Gasteiger partial charge in [0.1, 0.15) is 0 Å². The monoisotopic (exact) mass is 291 g/mol. The molecule has 0 aliphatic heterocycles. The number of aromatic nitrogens is 4. The summed E-state index contributed by atoms with van der Waals surface area (Å²) < 4.78 is 1.79. The molecule has 0 atom stereocenters. The summed E-state index contributed by atoms with van der Waals surface area (Å²) in [6.07, 6.45) is 5.27. The van der Waals surface area contributed by atoms with Gasteiger partial charge in [0.2, 0.25) is 0 Å². The number of carbonyl (C=O) groups is 1. The Morgan fingerprint density at radius 3 is 3.18 bits per heavy atom. The molecule has 2 N–H and O–H groups in total. The maximum absolute atomic E-state index is 12.3. The molecule has 3 heterocycles. The number of amides is 1. The number of benzene rings is 1. The van der Waals surface area contributed by atoms with Gasteiger partial charge in [-0.25, -0.2) is 9.50 Å². The van der Waals surface area contributed by atoms with Crippen molar-refractivity contribution >= 4 is 22.5 Å². The number of hydrogen-bond donors (Lipinski definition) is 2. The minimum Gasteiger partial charge on any atom is -0.348 e. The summed E-state index contributed by atoms with van der Waals surface area (Å²) in [6.45, 7) is 0.438. The standard InChI is InChI=1S/C16H13N5O/c22-16(11-4-5-13-14(7-11)19-10-18-13)17-8-12-9-20-21-6-2-1-3-15(12)21/h1-7,9-10H,8H2,(H,17,22)(H,18,19). The lowest BCUT2D eigenvalue weighted by atomic mass is 10.2. The van der Waals surface area contributed by atoms with E-state index in [2.05, 4.69) is 20.4 Å². The summed E-state index contributed by atoms with van der Waals surface area (Å²) in [5.41, 5.74) is 4.28. The minimum absolute atomic E-state index is 0.119. The Morgan fingerprint density at radius 2 is 2.23 bits per heavy atom. The molecule has 3 aromatic heterocycles. The molecule has 108 valence electrons. The van der Waals surface area contributed by atoms with Crippen LogP contribution in [0.25, 0.3) is 16.6 Å². The number of pyridine rings is 1. The van der Waals surface area contributed by atoms with E-state index in [1.807, 2.05) is 30.5 Å². The van der Waals surface area contributed by atoms with Gasteiger partial charge in [-0.05, 0) is 30.3 Å². The van der Waals surface area contributed by atoms with Crippen LogP contribution in [-0.4, -0.2) is 25.5 Å². The van der Waals surface area contributed by atoms with E-state index in [4.69, 9.17) is 0 Å². The van der Waals surface area contributed by atoms with E-state index in [0.717, 1.165) is 22.1 Å². The Labute approximate surface area is 125 Å². The first-order valence-electron chi connectivity index (χ1n) is 6.94. The maximum atomic E-state index is 12.3. The molecule has 1 amide bonds. The fourth-order valence-corrected chi connectivity index (χ4v) is 2.48. The van der Waals surface area contributed by atoms with Crippen molar-refractivity contribution in [2.45, 2.75) is 6.54 Å². The first-order valence-corrected chi connectivity index (χ1v) is 6.94. The van der Waals surface area contributed by atoms with Gasteiger partial charge in [-0.3, -0.25) is 4.79 Å². The smallest absolute Gasteiger partial charge is 0.251 e. The highest BCUT2D eigenvalue weighted by Gasteiger charge is 2.09. The Kier molecular flexibility index (Phi) is 2.86. The van der Waals surface area contributed by atoms with Crippen LogP contribution < -0.4 is 5.32 Å². The molecule has 6 nitrogen and oxygen atoms in total. The van der Waals surface area contributed by atoms with Crippen LogP contribution in [0.2, 0.25) is 0 Å². The van der Waals surface area contributed by atoms with Crippen molar-refractivity contribution in [2.75, 3.05) is 0 Å². The fraction of sp³-hybridized carbons (Fsp3) is 0.0625. The zero-order valence-electron chi connectivity index (χ0n) is 11.7. The third-order valence-corrected chi connectivity index (χ3v) is 3.63. The number of carbonyl (C=O) groups excluding carboxylic acids is 1. The number of imidazole rings is 1. The number of aromatic amines is 1. The molecule has 1 aromatic carbocycles. The summed E-state index contributed by atoms with van der Waals surface area (Å²) in [4.78, 5) is 19.4. The zero-order valence-corrected chi connectivity index (χ0v) is 11.7. The van der Waals surface area contributed by atoms with Crippen molar-refractivity contribution in [2.24, 2.45) is 0 Å². The second kappa shape index (κ2) is 5.00. The predicted molar refractivity (Wildman–Crippen MR) is 82.5 cm³/mol. The first kappa shape index (κ1) is 12.6. The predicted octanol–water partition coefficient (Wildman–Crippen LogP) is 2.14. The second-order valence-corrected chi connectivity index (χ2v) is 5.02. The van der Waals surface area contributed by atoms with Crippen molar-refractivity contribution < 1.29 is 4.79 Å². The van der Waals surface area contributed by atoms with Gasteiger partial charge >= 0.3 is 0 Å². The Morgan fingerprint density at radius 1 is 1.27 bits per heavy atom. The number of hydrogen-bond acceptors (Lipinski definition) is 3. The second-order valence-electron chi connectivity index (χ2n) is 5.02. The van der Waals surface area contributed by atoms with Gasteiger partial charge in [-0.15, -0.1) is 0 Å². The van der Waals surface area contributed by atoms with E-state index in [0.29, 0.717) is 12.1 Å². The molecule has 0 aliphatic rings. The van der Waals surface area contributed by atoms with Crippen molar-refractivity contribution in [3.63, 3.8) is 0 Å². The van der Waals surface area contributed by atoms with Gasteiger partial charge in [0, 0.05) is 23.9 Å².